The van der Waals surface area contributed by atoms with Crippen LogP contribution in [0, 0.1) is 17.8 Å². The molecule has 4 bridgehead atoms. The van der Waals surface area contributed by atoms with Gasteiger partial charge in [-0.15, -0.1) is 0 Å². The Bertz CT molecular complexity index is 249. The third-order valence-corrected chi connectivity index (χ3v) is 5.57. The van der Waals surface area contributed by atoms with Crippen molar-refractivity contribution in [3.63, 3.8) is 0 Å². The van der Waals surface area contributed by atoms with Gasteiger partial charge < -0.3 is 5.73 Å². The van der Waals surface area contributed by atoms with Crippen molar-refractivity contribution in [2.45, 2.75) is 64.0 Å². The Balaban J connectivity index is 1.80. The zero-order chi connectivity index (χ0) is 12.0. The number of rotatable bonds is 4. The predicted octanol–water partition coefficient (Wildman–Crippen LogP) is 2.62. The van der Waals surface area contributed by atoms with Gasteiger partial charge in [0.15, 0.2) is 0 Å². The van der Waals surface area contributed by atoms with Crippen LogP contribution in [-0.4, -0.2) is 29.6 Å². The SMILES string of the molecule is CCN(CC(C)N)C12CC3CC(CC(C3)C1)C2. The van der Waals surface area contributed by atoms with Gasteiger partial charge in [0.1, 0.15) is 0 Å². The molecule has 1 atom stereocenters. The van der Waals surface area contributed by atoms with Crippen molar-refractivity contribution >= 4 is 0 Å². The fourth-order valence-electron chi connectivity index (χ4n) is 5.46. The minimum atomic E-state index is 0.322. The first kappa shape index (κ1) is 12.0. The summed E-state index contributed by atoms with van der Waals surface area (Å²) in [5, 5.41) is 0. The van der Waals surface area contributed by atoms with Gasteiger partial charge in [0.05, 0.1) is 0 Å². The van der Waals surface area contributed by atoms with Crippen LogP contribution in [0.1, 0.15) is 52.4 Å². The monoisotopic (exact) mass is 236 g/mol. The van der Waals surface area contributed by atoms with Gasteiger partial charge >= 0.3 is 0 Å². The fourth-order valence-corrected chi connectivity index (χ4v) is 5.46. The summed E-state index contributed by atoms with van der Waals surface area (Å²) < 4.78 is 0. The zero-order valence-corrected chi connectivity index (χ0v) is 11.5. The topological polar surface area (TPSA) is 29.3 Å². The summed E-state index contributed by atoms with van der Waals surface area (Å²) in [4.78, 5) is 2.74. The Morgan fingerprint density at radius 2 is 1.59 bits per heavy atom. The summed E-state index contributed by atoms with van der Waals surface area (Å²) >= 11 is 0. The number of hydrogen-bond donors (Lipinski definition) is 1. The summed E-state index contributed by atoms with van der Waals surface area (Å²) in [6.07, 6.45) is 9.03. The van der Waals surface area contributed by atoms with E-state index >= 15 is 0 Å². The van der Waals surface area contributed by atoms with Crippen LogP contribution in [0.15, 0.2) is 0 Å². The highest BCUT2D eigenvalue weighted by molar-refractivity contribution is 5.07. The molecule has 0 spiro atoms. The molecule has 4 fully saturated rings. The van der Waals surface area contributed by atoms with E-state index in [-0.39, 0.29) is 0 Å². The molecule has 0 saturated heterocycles. The van der Waals surface area contributed by atoms with Crippen LogP contribution in [-0.2, 0) is 0 Å². The fraction of sp³-hybridized carbons (Fsp3) is 1.00. The van der Waals surface area contributed by atoms with Crippen LogP contribution in [0.25, 0.3) is 0 Å². The number of nitrogens with two attached hydrogens (primary N) is 1. The summed E-state index contributed by atoms with van der Waals surface area (Å²) in [6.45, 7) is 6.76. The van der Waals surface area contributed by atoms with Crippen molar-refractivity contribution in [3.8, 4) is 0 Å². The summed E-state index contributed by atoms with van der Waals surface area (Å²) in [6, 6.07) is 0.322. The van der Waals surface area contributed by atoms with Crippen LogP contribution in [0.2, 0.25) is 0 Å². The van der Waals surface area contributed by atoms with Gasteiger partial charge in [0, 0.05) is 18.1 Å². The van der Waals surface area contributed by atoms with Gasteiger partial charge in [-0.05, 0) is 69.7 Å². The second-order valence-corrected chi connectivity index (χ2v) is 7.16. The lowest BCUT2D eigenvalue weighted by Crippen LogP contribution is -2.61. The first-order valence-electron chi connectivity index (χ1n) is 7.62. The molecule has 17 heavy (non-hydrogen) atoms. The number of likely N-dealkylation sites (N-methyl/N-ethyl adjacent to an activating group) is 1. The first-order chi connectivity index (χ1) is 8.11. The Morgan fingerprint density at radius 3 is 1.94 bits per heavy atom. The van der Waals surface area contributed by atoms with Crippen LogP contribution < -0.4 is 5.73 Å². The third kappa shape index (κ3) is 2.04. The van der Waals surface area contributed by atoms with Crippen molar-refractivity contribution in [1.82, 2.24) is 4.90 Å². The maximum Gasteiger partial charge on any atom is 0.0218 e. The average molecular weight is 236 g/mol. The van der Waals surface area contributed by atoms with Gasteiger partial charge in [0.2, 0.25) is 0 Å². The molecule has 98 valence electrons. The van der Waals surface area contributed by atoms with Crippen LogP contribution in [0.4, 0.5) is 0 Å². The molecule has 4 saturated carbocycles. The second-order valence-electron chi connectivity index (χ2n) is 7.16. The van der Waals surface area contributed by atoms with Gasteiger partial charge in [0.25, 0.3) is 0 Å². The molecule has 2 N–H and O–H groups in total. The minimum Gasteiger partial charge on any atom is -0.327 e. The molecule has 0 amide bonds. The van der Waals surface area contributed by atoms with Gasteiger partial charge in [-0.3, -0.25) is 4.90 Å². The van der Waals surface area contributed by atoms with Crippen molar-refractivity contribution in [3.05, 3.63) is 0 Å². The molecule has 4 rings (SSSR count). The van der Waals surface area contributed by atoms with Crippen molar-refractivity contribution in [1.29, 1.82) is 0 Å². The Morgan fingerprint density at radius 1 is 1.12 bits per heavy atom. The lowest BCUT2D eigenvalue weighted by molar-refractivity contribution is -0.0881. The Kier molecular flexibility index (Phi) is 2.99. The van der Waals surface area contributed by atoms with Crippen molar-refractivity contribution in [2.24, 2.45) is 23.5 Å². The molecule has 0 radical (unpaired) electrons. The molecule has 2 heteroatoms. The van der Waals surface area contributed by atoms with Crippen LogP contribution in [0.5, 0.6) is 0 Å². The smallest absolute Gasteiger partial charge is 0.0218 e. The van der Waals surface area contributed by atoms with Crippen molar-refractivity contribution in [2.75, 3.05) is 13.1 Å². The summed E-state index contributed by atoms with van der Waals surface area (Å²) in [5.41, 5.74) is 6.60. The molecular formula is C15H28N2. The van der Waals surface area contributed by atoms with Crippen molar-refractivity contribution < 1.29 is 0 Å². The molecule has 0 aromatic rings. The number of hydrogen-bond acceptors (Lipinski definition) is 2. The lowest BCUT2D eigenvalue weighted by atomic mass is 9.52. The van der Waals surface area contributed by atoms with E-state index in [1.165, 1.54) is 45.1 Å². The summed E-state index contributed by atoms with van der Waals surface area (Å²) in [5.74, 6) is 3.13. The van der Waals surface area contributed by atoms with Gasteiger partial charge in [-0.1, -0.05) is 6.92 Å². The Hall–Kier alpha value is -0.0800. The number of nitrogens with zero attached hydrogens (tertiary/aromatic N) is 1. The average Bonchev–Trinajstić information content (AvgIpc) is 2.23. The van der Waals surface area contributed by atoms with Crippen LogP contribution in [0.3, 0.4) is 0 Å². The molecule has 0 aromatic carbocycles. The van der Waals surface area contributed by atoms with E-state index in [1.807, 2.05) is 0 Å². The van der Waals surface area contributed by atoms with E-state index in [9.17, 15) is 0 Å². The second kappa shape index (κ2) is 4.24. The minimum absolute atomic E-state index is 0.322. The predicted molar refractivity (Wildman–Crippen MR) is 71.8 cm³/mol. The van der Waals surface area contributed by atoms with Gasteiger partial charge in [-0.2, -0.15) is 0 Å². The highest BCUT2D eigenvalue weighted by atomic mass is 15.2. The van der Waals surface area contributed by atoms with E-state index < -0.39 is 0 Å². The van der Waals surface area contributed by atoms with E-state index in [1.54, 1.807) is 0 Å². The standard InChI is InChI=1S/C15H28N2/c1-3-17(10-11(2)16)15-7-12-4-13(8-15)6-14(5-12)9-15/h11-14H,3-10,16H2,1-2H3. The summed E-state index contributed by atoms with van der Waals surface area (Å²) in [7, 11) is 0. The highest BCUT2D eigenvalue weighted by Crippen LogP contribution is 2.57. The molecule has 2 nitrogen and oxygen atoms in total. The maximum absolute atomic E-state index is 6.05. The van der Waals surface area contributed by atoms with E-state index in [4.69, 9.17) is 5.73 Å². The maximum atomic E-state index is 6.05. The van der Waals surface area contributed by atoms with E-state index in [2.05, 4.69) is 18.7 Å². The van der Waals surface area contributed by atoms with Crippen LogP contribution >= 0.6 is 0 Å². The first-order valence-corrected chi connectivity index (χ1v) is 7.62. The molecule has 0 aliphatic heterocycles. The Labute approximate surface area is 106 Å². The van der Waals surface area contributed by atoms with Gasteiger partial charge in [-0.25, -0.2) is 0 Å². The zero-order valence-electron chi connectivity index (χ0n) is 11.5. The van der Waals surface area contributed by atoms with E-state index in [0.29, 0.717) is 11.6 Å². The molecule has 4 aliphatic carbocycles. The molecule has 1 unspecified atom stereocenters. The molecular weight excluding hydrogens is 208 g/mol. The highest BCUT2D eigenvalue weighted by Gasteiger charge is 2.53. The largest absolute Gasteiger partial charge is 0.327 e. The molecule has 0 heterocycles. The quantitative estimate of drug-likeness (QED) is 0.813. The normalized spacial score (nSPS) is 45.5. The lowest BCUT2D eigenvalue weighted by Gasteiger charge is -2.60. The molecule has 4 aliphatic rings. The third-order valence-electron chi connectivity index (χ3n) is 5.57. The molecule has 0 aromatic heterocycles. The van der Waals surface area contributed by atoms with E-state index in [0.717, 1.165) is 24.3 Å².